The van der Waals surface area contributed by atoms with Gasteiger partial charge in [0.2, 0.25) is 0 Å². The van der Waals surface area contributed by atoms with Gasteiger partial charge < -0.3 is 5.73 Å². The zero-order valence-electron chi connectivity index (χ0n) is 18.8. The van der Waals surface area contributed by atoms with Crippen LogP contribution in [0.1, 0.15) is 35.8 Å². The van der Waals surface area contributed by atoms with Crippen LogP contribution in [0.5, 0.6) is 0 Å². The molecule has 5 rings (SSSR count). The predicted molar refractivity (Wildman–Crippen MR) is 129 cm³/mol. The average molecular weight is 435 g/mol. The summed E-state index contributed by atoms with van der Waals surface area (Å²) in [5, 5.41) is 16.1. The van der Waals surface area contributed by atoms with Crippen LogP contribution in [0.25, 0.3) is 10.8 Å². The lowest BCUT2D eigenvalue weighted by Gasteiger charge is -2.43. The van der Waals surface area contributed by atoms with E-state index in [1.165, 1.54) is 0 Å². The van der Waals surface area contributed by atoms with Crippen LogP contribution in [0.2, 0.25) is 0 Å². The first-order valence-electron chi connectivity index (χ1n) is 11.2. The van der Waals surface area contributed by atoms with E-state index in [-0.39, 0.29) is 11.7 Å². The van der Waals surface area contributed by atoms with Gasteiger partial charge in [0.25, 0.3) is 0 Å². The lowest BCUT2D eigenvalue weighted by molar-refractivity contribution is -0.117. The van der Waals surface area contributed by atoms with Crippen LogP contribution in [0.15, 0.2) is 95.5 Å². The number of nitrogens with zero attached hydrogens (tertiary/aromatic N) is 3. The zero-order chi connectivity index (χ0) is 23.1. The lowest BCUT2D eigenvalue weighted by atomic mass is 9.72. The number of nitriles is 1. The predicted octanol–water partition coefficient (Wildman–Crippen LogP) is 4.81. The van der Waals surface area contributed by atoms with Crippen molar-refractivity contribution < 1.29 is 4.79 Å². The van der Waals surface area contributed by atoms with E-state index in [2.05, 4.69) is 42.5 Å². The minimum Gasteiger partial charge on any atom is -0.383 e. The zero-order valence-corrected chi connectivity index (χ0v) is 18.8. The third-order valence-corrected chi connectivity index (χ3v) is 6.72. The first-order valence-corrected chi connectivity index (χ1v) is 11.2. The minimum atomic E-state index is -0.463. The normalized spacial score (nSPS) is 20.9. The summed E-state index contributed by atoms with van der Waals surface area (Å²) in [6.07, 6.45) is 1.11. The Morgan fingerprint density at radius 2 is 1.64 bits per heavy atom. The monoisotopic (exact) mass is 434 g/mol. The molecular weight excluding hydrogens is 408 g/mol. The molecule has 0 spiro atoms. The highest BCUT2D eigenvalue weighted by molar-refractivity contribution is 6.00. The van der Waals surface area contributed by atoms with Gasteiger partial charge in [-0.05, 0) is 34.2 Å². The minimum absolute atomic E-state index is 0.0774. The number of carbonyl (C=O) groups is 1. The van der Waals surface area contributed by atoms with Gasteiger partial charge in [-0.2, -0.15) is 5.26 Å². The fraction of sp³-hybridized carbons (Fsp3) is 0.214. The molecule has 33 heavy (non-hydrogen) atoms. The molecule has 3 aromatic rings. The molecule has 0 fully saturated rings. The maximum atomic E-state index is 13.7. The molecule has 0 aromatic heterocycles. The second-order valence-corrected chi connectivity index (χ2v) is 8.91. The Balaban J connectivity index is 1.70. The van der Waals surface area contributed by atoms with E-state index >= 15 is 0 Å². The molecule has 2 N–H and O–H groups in total. The molecule has 0 amide bonds. The highest BCUT2D eigenvalue weighted by Crippen LogP contribution is 2.48. The molecule has 0 radical (unpaired) electrons. The SMILES string of the molecule is CN(C)N1C(N)=C(C#N)[C@@H](c2ccc3ccccc3c2)C2=C1C[C@@H](c1ccccc1)CC2=O. The Kier molecular flexibility index (Phi) is 5.24. The van der Waals surface area contributed by atoms with Crippen LogP contribution < -0.4 is 5.73 Å². The van der Waals surface area contributed by atoms with Crippen LogP contribution in [0.3, 0.4) is 0 Å². The second-order valence-electron chi connectivity index (χ2n) is 8.91. The maximum absolute atomic E-state index is 13.7. The van der Waals surface area contributed by atoms with Gasteiger partial charge in [-0.3, -0.25) is 9.80 Å². The lowest BCUT2D eigenvalue weighted by Crippen LogP contribution is -2.46. The van der Waals surface area contributed by atoms with E-state index in [4.69, 9.17) is 5.73 Å². The first kappa shape index (κ1) is 21.0. The molecule has 1 aliphatic heterocycles. The van der Waals surface area contributed by atoms with E-state index < -0.39 is 5.92 Å². The molecule has 1 heterocycles. The van der Waals surface area contributed by atoms with Gasteiger partial charge in [0.15, 0.2) is 5.78 Å². The van der Waals surface area contributed by atoms with E-state index in [9.17, 15) is 10.1 Å². The Morgan fingerprint density at radius 1 is 0.939 bits per heavy atom. The number of rotatable bonds is 3. The number of carbonyl (C=O) groups excluding carboxylic acids is 1. The molecule has 0 unspecified atom stereocenters. The van der Waals surface area contributed by atoms with Gasteiger partial charge in [0.05, 0.1) is 17.6 Å². The summed E-state index contributed by atoms with van der Waals surface area (Å²) in [7, 11) is 3.78. The van der Waals surface area contributed by atoms with Crippen molar-refractivity contribution in [2.45, 2.75) is 24.7 Å². The summed E-state index contributed by atoms with van der Waals surface area (Å²) in [5.74, 6) is 0.0832. The molecule has 5 nitrogen and oxygen atoms in total. The molecule has 164 valence electrons. The van der Waals surface area contributed by atoms with E-state index in [1.54, 1.807) is 0 Å². The molecule has 5 heteroatoms. The average Bonchev–Trinajstić information content (AvgIpc) is 2.83. The summed E-state index contributed by atoms with van der Waals surface area (Å²) in [5.41, 5.74) is 10.7. The number of hydrogen-bond donors (Lipinski definition) is 1. The van der Waals surface area contributed by atoms with Gasteiger partial charge in [0.1, 0.15) is 5.82 Å². The smallest absolute Gasteiger partial charge is 0.162 e. The summed E-state index contributed by atoms with van der Waals surface area (Å²) >= 11 is 0. The van der Waals surface area contributed by atoms with E-state index in [1.807, 2.05) is 60.5 Å². The third-order valence-electron chi connectivity index (χ3n) is 6.72. The highest BCUT2D eigenvalue weighted by Gasteiger charge is 2.43. The van der Waals surface area contributed by atoms with Crippen molar-refractivity contribution >= 4 is 16.6 Å². The summed E-state index contributed by atoms with van der Waals surface area (Å²) in [6.45, 7) is 0. The molecule has 3 aromatic carbocycles. The van der Waals surface area contributed by atoms with Crippen molar-refractivity contribution in [2.24, 2.45) is 5.73 Å². The van der Waals surface area contributed by atoms with Crippen molar-refractivity contribution in [3.63, 3.8) is 0 Å². The van der Waals surface area contributed by atoms with E-state index in [0.29, 0.717) is 29.8 Å². The highest BCUT2D eigenvalue weighted by atomic mass is 16.1. The van der Waals surface area contributed by atoms with Crippen LogP contribution in [0, 0.1) is 11.3 Å². The number of benzene rings is 3. The third kappa shape index (κ3) is 3.49. The van der Waals surface area contributed by atoms with Crippen molar-refractivity contribution in [3.8, 4) is 6.07 Å². The number of fused-ring (bicyclic) bond motifs is 1. The van der Waals surface area contributed by atoms with Crippen molar-refractivity contribution in [1.29, 1.82) is 5.26 Å². The number of hydrogen-bond acceptors (Lipinski definition) is 5. The Bertz CT molecular complexity index is 1350. The Morgan fingerprint density at radius 3 is 2.33 bits per heavy atom. The van der Waals surface area contributed by atoms with Gasteiger partial charge in [-0.25, -0.2) is 5.01 Å². The van der Waals surface area contributed by atoms with Gasteiger partial charge in [0, 0.05) is 31.8 Å². The number of Topliss-reactive ketones (excluding diaryl/α,β-unsaturated/α-hetero) is 1. The van der Waals surface area contributed by atoms with Crippen molar-refractivity contribution in [2.75, 3.05) is 14.1 Å². The Hall–Kier alpha value is -3.88. The van der Waals surface area contributed by atoms with Crippen LogP contribution in [-0.4, -0.2) is 29.9 Å². The van der Waals surface area contributed by atoms with Crippen molar-refractivity contribution in [3.05, 3.63) is 107 Å². The summed E-state index contributed by atoms with van der Waals surface area (Å²) < 4.78 is 0. The van der Waals surface area contributed by atoms with Crippen LogP contribution in [0.4, 0.5) is 0 Å². The van der Waals surface area contributed by atoms with Crippen LogP contribution >= 0.6 is 0 Å². The number of ketones is 1. The summed E-state index contributed by atoms with van der Waals surface area (Å²) in [6, 6.07) is 26.8. The fourth-order valence-corrected chi connectivity index (χ4v) is 5.25. The molecule has 0 saturated heterocycles. The number of allylic oxidation sites excluding steroid dienone is 3. The molecular formula is C28H26N4O. The number of hydrazine groups is 1. The van der Waals surface area contributed by atoms with Gasteiger partial charge >= 0.3 is 0 Å². The molecule has 2 aliphatic rings. The quantitative estimate of drug-likeness (QED) is 0.640. The van der Waals surface area contributed by atoms with E-state index in [0.717, 1.165) is 27.6 Å². The molecule has 2 atom stereocenters. The second kappa shape index (κ2) is 8.23. The van der Waals surface area contributed by atoms with Gasteiger partial charge in [-0.1, -0.05) is 72.8 Å². The fourth-order valence-electron chi connectivity index (χ4n) is 5.25. The largest absolute Gasteiger partial charge is 0.383 e. The molecule has 0 bridgehead atoms. The Labute approximate surface area is 194 Å². The van der Waals surface area contributed by atoms with Crippen LogP contribution in [-0.2, 0) is 4.79 Å². The number of nitrogens with two attached hydrogens (primary N) is 1. The molecule has 0 saturated carbocycles. The molecule has 1 aliphatic carbocycles. The maximum Gasteiger partial charge on any atom is 0.162 e. The summed E-state index contributed by atoms with van der Waals surface area (Å²) in [4.78, 5) is 13.7. The van der Waals surface area contributed by atoms with Gasteiger partial charge in [-0.15, -0.1) is 0 Å². The standard InChI is InChI=1S/C28H26N4O/c1-31(2)32-24-15-22(18-8-4-3-5-9-18)16-25(33)27(24)26(23(17-29)28(32)30)21-13-12-19-10-6-7-11-20(19)14-21/h3-14,22,26H,15-16,30H2,1-2H3/t22-,26-/m1/s1. The van der Waals surface area contributed by atoms with Crippen molar-refractivity contribution in [1.82, 2.24) is 10.0 Å². The topological polar surface area (TPSA) is 73.4 Å². The first-order chi connectivity index (χ1) is 16.0.